The second-order valence-corrected chi connectivity index (χ2v) is 5.53. The zero-order chi connectivity index (χ0) is 17.3. The van der Waals surface area contributed by atoms with Gasteiger partial charge in [0.15, 0.2) is 0 Å². The zero-order valence-electron chi connectivity index (χ0n) is 14.2. The third kappa shape index (κ3) is 5.24. The lowest BCUT2D eigenvalue weighted by Crippen LogP contribution is -1.97. The van der Waals surface area contributed by atoms with Crippen molar-refractivity contribution in [2.75, 3.05) is 6.61 Å². The molecule has 0 saturated heterocycles. The Bertz CT molecular complexity index is 755. The molecule has 0 aliphatic rings. The molecule has 0 aliphatic carbocycles. The Morgan fingerprint density at radius 1 is 0.760 bits per heavy atom. The maximum atomic E-state index is 5.78. The summed E-state index contributed by atoms with van der Waals surface area (Å²) in [5.41, 5.74) is 1.11. The fourth-order valence-electron chi connectivity index (χ4n) is 2.20. The van der Waals surface area contributed by atoms with Gasteiger partial charge in [0.25, 0.3) is 0 Å². The third-order valence-electron chi connectivity index (χ3n) is 3.47. The lowest BCUT2D eigenvalue weighted by Gasteiger charge is -2.09. The molecule has 3 aromatic rings. The van der Waals surface area contributed by atoms with E-state index in [2.05, 4.69) is 11.9 Å². The summed E-state index contributed by atoms with van der Waals surface area (Å²) >= 11 is 0. The van der Waals surface area contributed by atoms with E-state index in [0.29, 0.717) is 24.8 Å². The Labute approximate surface area is 148 Å². The highest BCUT2D eigenvalue weighted by Crippen LogP contribution is 2.24. The van der Waals surface area contributed by atoms with Crippen LogP contribution in [0.25, 0.3) is 0 Å². The van der Waals surface area contributed by atoms with Crippen molar-refractivity contribution in [3.8, 4) is 23.1 Å². The standard InChI is InChI=1S/C21H21NO3/c1-2-14-23-18-8-10-19(11-9-18)25-20-12-13-21(22-15-20)24-16-17-6-4-3-5-7-17/h3-13,15H,2,14,16H2,1H3. The Balaban J connectivity index is 1.53. The number of nitrogens with zero attached hydrogens (tertiary/aromatic N) is 1. The molecule has 0 saturated carbocycles. The first-order chi connectivity index (χ1) is 12.3. The van der Waals surface area contributed by atoms with Gasteiger partial charge in [-0.05, 0) is 42.3 Å². The van der Waals surface area contributed by atoms with Crippen LogP contribution in [-0.4, -0.2) is 11.6 Å². The number of hydrogen-bond acceptors (Lipinski definition) is 4. The smallest absolute Gasteiger partial charge is 0.213 e. The fraction of sp³-hybridized carbons (Fsp3) is 0.190. The van der Waals surface area contributed by atoms with E-state index in [-0.39, 0.29) is 0 Å². The van der Waals surface area contributed by atoms with Gasteiger partial charge in [0.05, 0.1) is 12.8 Å². The summed E-state index contributed by atoms with van der Waals surface area (Å²) in [6, 6.07) is 21.2. The fourth-order valence-corrected chi connectivity index (χ4v) is 2.20. The van der Waals surface area contributed by atoms with Crippen molar-refractivity contribution in [1.29, 1.82) is 0 Å². The molecule has 128 valence electrons. The first-order valence-corrected chi connectivity index (χ1v) is 8.37. The molecule has 0 bridgehead atoms. The number of aromatic nitrogens is 1. The zero-order valence-corrected chi connectivity index (χ0v) is 14.2. The molecule has 0 fully saturated rings. The predicted octanol–water partition coefficient (Wildman–Crippen LogP) is 5.24. The highest BCUT2D eigenvalue weighted by molar-refractivity contribution is 5.35. The minimum atomic E-state index is 0.493. The maximum absolute atomic E-state index is 5.78. The summed E-state index contributed by atoms with van der Waals surface area (Å²) in [6.45, 7) is 3.29. The molecule has 2 aromatic carbocycles. The van der Waals surface area contributed by atoms with Gasteiger partial charge in [-0.2, -0.15) is 0 Å². The number of hydrogen-bond donors (Lipinski definition) is 0. The first-order valence-electron chi connectivity index (χ1n) is 8.37. The van der Waals surface area contributed by atoms with Gasteiger partial charge in [-0.3, -0.25) is 0 Å². The highest BCUT2D eigenvalue weighted by atomic mass is 16.5. The van der Waals surface area contributed by atoms with Gasteiger partial charge in [-0.1, -0.05) is 37.3 Å². The second-order valence-electron chi connectivity index (χ2n) is 5.53. The van der Waals surface area contributed by atoms with Crippen LogP contribution in [0.1, 0.15) is 18.9 Å². The monoisotopic (exact) mass is 335 g/mol. The van der Waals surface area contributed by atoms with Crippen LogP contribution < -0.4 is 14.2 Å². The summed E-state index contributed by atoms with van der Waals surface area (Å²) in [7, 11) is 0. The average Bonchev–Trinajstić information content (AvgIpc) is 2.68. The summed E-state index contributed by atoms with van der Waals surface area (Å²) in [5, 5.41) is 0. The lowest BCUT2D eigenvalue weighted by atomic mass is 10.2. The molecule has 0 aliphatic heterocycles. The van der Waals surface area contributed by atoms with Crippen molar-refractivity contribution < 1.29 is 14.2 Å². The maximum Gasteiger partial charge on any atom is 0.213 e. The third-order valence-corrected chi connectivity index (χ3v) is 3.47. The van der Waals surface area contributed by atoms with Crippen LogP contribution >= 0.6 is 0 Å². The molecule has 0 atom stereocenters. The van der Waals surface area contributed by atoms with Crippen molar-refractivity contribution >= 4 is 0 Å². The molecule has 0 spiro atoms. The van der Waals surface area contributed by atoms with E-state index < -0.39 is 0 Å². The van der Waals surface area contributed by atoms with E-state index in [1.54, 1.807) is 12.3 Å². The van der Waals surface area contributed by atoms with E-state index in [1.807, 2.05) is 60.7 Å². The van der Waals surface area contributed by atoms with E-state index in [4.69, 9.17) is 14.2 Å². The van der Waals surface area contributed by atoms with Crippen LogP contribution in [-0.2, 0) is 6.61 Å². The second kappa shape index (κ2) is 8.73. The molecule has 1 aromatic heterocycles. The lowest BCUT2D eigenvalue weighted by molar-refractivity contribution is 0.293. The Kier molecular flexibility index (Phi) is 5.88. The first kappa shape index (κ1) is 16.8. The van der Waals surface area contributed by atoms with Crippen LogP contribution in [0.5, 0.6) is 23.1 Å². The van der Waals surface area contributed by atoms with Crippen LogP contribution in [0.2, 0.25) is 0 Å². The van der Waals surface area contributed by atoms with Crippen LogP contribution in [0, 0.1) is 0 Å². The summed E-state index contributed by atoms with van der Waals surface area (Å²) in [4.78, 5) is 4.28. The number of ether oxygens (including phenoxy) is 3. The van der Waals surface area contributed by atoms with Crippen molar-refractivity contribution in [3.63, 3.8) is 0 Å². The molecule has 3 rings (SSSR count). The average molecular weight is 335 g/mol. The van der Waals surface area contributed by atoms with Crippen molar-refractivity contribution in [2.45, 2.75) is 20.0 Å². The summed E-state index contributed by atoms with van der Waals surface area (Å²) in [6.07, 6.45) is 2.64. The Morgan fingerprint density at radius 2 is 1.48 bits per heavy atom. The molecule has 1 heterocycles. The predicted molar refractivity (Wildman–Crippen MR) is 97.3 cm³/mol. The van der Waals surface area contributed by atoms with E-state index in [0.717, 1.165) is 23.5 Å². The molecule has 0 unspecified atom stereocenters. The molecule has 0 amide bonds. The number of pyridine rings is 1. The van der Waals surface area contributed by atoms with Gasteiger partial charge in [0.1, 0.15) is 23.9 Å². The van der Waals surface area contributed by atoms with Crippen molar-refractivity contribution in [1.82, 2.24) is 4.98 Å². The van der Waals surface area contributed by atoms with Gasteiger partial charge in [0.2, 0.25) is 5.88 Å². The minimum absolute atomic E-state index is 0.493. The summed E-state index contributed by atoms with van der Waals surface area (Å²) in [5.74, 6) is 2.81. The summed E-state index contributed by atoms with van der Waals surface area (Å²) < 4.78 is 17.0. The van der Waals surface area contributed by atoms with Crippen LogP contribution in [0.4, 0.5) is 0 Å². The quantitative estimate of drug-likeness (QED) is 0.564. The Morgan fingerprint density at radius 3 is 2.16 bits per heavy atom. The van der Waals surface area contributed by atoms with Crippen molar-refractivity contribution in [2.24, 2.45) is 0 Å². The van der Waals surface area contributed by atoms with Crippen molar-refractivity contribution in [3.05, 3.63) is 78.5 Å². The number of benzene rings is 2. The normalized spacial score (nSPS) is 10.3. The highest BCUT2D eigenvalue weighted by Gasteiger charge is 2.01. The molecule has 0 N–H and O–H groups in total. The molecular formula is C21H21NO3. The van der Waals surface area contributed by atoms with Gasteiger partial charge >= 0.3 is 0 Å². The van der Waals surface area contributed by atoms with E-state index in [9.17, 15) is 0 Å². The Hall–Kier alpha value is -3.01. The van der Waals surface area contributed by atoms with Gasteiger partial charge in [-0.25, -0.2) is 4.98 Å². The van der Waals surface area contributed by atoms with E-state index in [1.165, 1.54) is 0 Å². The SMILES string of the molecule is CCCOc1ccc(Oc2ccc(OCc3ccccc3)nc2)cc1. The van der Waals surface area contributed by atoms with Crippen LogP contribution in [0.3, 0.4) is 0 Å². The molecule has 4 heteroatoms. The number of rotatable bonds is 8. The largest absolute Gasteiger partial charge is 0.494 e. The molecule has 25 heavy (non-hydrogen) atoms. The topological polar surface area (TPSA) is 40.6 Å². The molecular weight excluding hydrogens is 314 g/mol. The van der Waals surface area contributed by atoms with Gasteiger partial charge in [0, 0.05) is 6.07 Å². The van der Waals surface area contributed by atoms with Crippen LogP contribution in [0.15, 0.2) is 72.9 Å². The van der Waals surface area contributed by atoms with Gasteiger partial charge in [-0.15, -0.1) is 0 Å². The van der Waals surface area contributed by atoms with E-state index >= 15 is 0 Å². The van der Waals surface area contributed by atoms with Gasteiger partial charge < -0.3 is 14.2 Å². The molecule has 0 radical (unpaired) electrons. The molecule has 4 nitrogen and oxygen atoms in total. The minimum Gasteiger partial charge on any atom is -0.494 e.